The van der Waals surface area contributed by atoms with E-state index in [1.807, 2.05) is 29.9 Å². The molecule has 0 amide bonds. The Bertz CT molecular complexity index is 607. The van der Waals surface area contributed by atoms with E-state index < -0.39 is 0 Å². The van der Waals surface area contributed by atoms with Gasteiger partial charge in [-0.1, -0.05) is 0 Å². The van der Waals surface area contributed by atoms with E-state index in [1.54, 1.807) is 6.20 Å². The molecule has 7 heteroatoms. The van der Waals surface area contributed by atoms with Gasteiger partial charge < -0.3 is 14.8 Å². The molecule has 22 heavy (non-hydrogen) atoms. The van der Waals surface area contributed by atoms with Crippen molar-refractivity contribution in [3.05, 3.63) is 24.5 Å². The van der Waals surface area contributed by atoms with E-state index in [0.29, 0.717) is 6.04 Å². The van der Waals surface area contributed by atoms with Gasteiger partial charge in [0.05, 0.1) is 0 Å². The summed E-state index contributed by atoms with van der Waals surface area (Å²) in [6.45, 7) is 4.18. The van der Waals surface area contributed by atoms with E-state index in [1.165, 1.54) is 0 Å². The van der Waals surface area contributed by atoms with Crippen molar-refractivity contribution >= 4 is 5.82 Å². The van der Waals surface area contributed by atoms with Crippen LogP contribution in [0.4, 0.5) is 5.82 Å². The number of likely N-dealkylation sites (N-methyl/N-ethyl adjacent to an activating group) is 2. The zero-order chi connectivity index (χ0) is 15.5. The first-order valence-electron chi connectivity index (χ1n) is 7.57. The van der Waals surface area contributed by atoms with E-state index in [0.717, 1.165) is 43.5 Å². The maximum atomic E-state index is 4.28. The number of aromatic nitrogens is 4. The fraction of sp³-hybridized carbons (Fsp3) is 0.533. The van der Waals surface area contributed by atoms with Gasteiger partial charge in [0.1, 0.15) is 11.5 Å². The molecular weight excluding hydrogens is 278 g/mol. The molecule has 118 valence electrons. The third-order valence-corrected chi connectivity index (χ3v) is 4.21. The Kier molecular flexibility index (Phi) is 4.35. The van der Waals surface area contributed by atoms with Crippen molar-refractivity contribution in [1.29, 1.82) is 0 Å². The first-order chi connectivity index (χ1) is 10.6. The van der Waals surface area contributed by atoms with Crippen LogP contribution in [0.15, 0.2) is 24.5 Å². The lowest BCUT2D eigenvalue weighted by Crippen LogP contribution is -2.52. The molecule has 1 aliphatic heterocycles. The molecule has 0 aromatic carbocycles. The molecule has 0 spiro atoms. The molecule has 2 aromatic rings. The molecule has 0 aliphatic carbocycles. The van der Waals surface area contributed by atoms with Crippen molar-refractivity contribution in [2.24, 2.45) is 7.05 Å². The van der Waals surface area contributed by atoms with Gasteiger partial charge in [-0.05, 0) is 26.2 Å². The number of piperazine rings is 1. The molecule has 7 nitrogen and oxygen atoms in total. The Labute approximate surface area is 131 Å². The number of rotatable bonds is 4. The van der Waals surface area contributed by atoms with Crippen LogP contribution in [0.5, 0.6) is 0 Å². The fourth-order valence-corrected chi connectivity index (χ4v) is 2.70. The summed E-state index contributed by atoms with van der Waals surface area (Å²) in [5.41, 5.74) is 0.785. The van der Waals surface area contributed by atoms with E-state index >= 15 is 0 Å². The minimum absolute atomic E-state index is 0.495. The molecular formula is C15H23N7. The molecule has 0 bridgehead atoms. The molecule has 0 saturated carbocycles. The van der Waals surface area contributed by atoms with Crippen molar-refractivity contribution in [2.45, 2.75) is 6.04 Å². The summed E-state index contributed by atoms with van der Waals surface area (Å²) in [6, 6.07) is 4.41. The largest absolute Gasteiger partial charge is 0.367 e. The number of hydrogen-bond donors (Lipinski definition) is 1. The van der Waals surface area contributed by atoms with Gasteiger partial charge in [0.15, 0.2) is 5.82 Å². The highest BCUT2D eigenvalue weighted by Crippen LogP contribution is 2.14. The second-order valence-corrected chi connectivity index (χ2v) is 5.94. The van der Waals surface area contributed by atoms with Gasteiger partial charge in [0.25, 0.3) is 0 Å². The quantitative estimate of drug-likeness (QED) is 0.889. The van der Waals surface area contributed by atoms with Crippen LogP contribution in [0, 0.1) is 0 Å². The summed E-state index contributed by atoms with van der Waals surface area (Å²) in [6.07, 6.45) is 3.66. The Morgan fingerprint density at radius 3 is 2.73 bits per heavy atom. The van der Waals surface area contributed by atoms with E-state index in [9.17, 15) is 0 Å². The number of imidazole rings is 1. The molecule has 1 unspecified atom stereocenters. The van der Waals surface area contributed by atoms with Crippen molar-refractivity contribution < 1.29 is 0 Å². The molecule has 1 aliphatic rings. The van der Waals surface area contributed by atoms with Gasteiger partial charge in [-0.25, -0.2) is 4.98 Å². The summed E-state index contributed by atoms with van der Waals surface area (Å²) >= 11 is 0. The fourth-order valence-electron chi connectivity index (χ4n) is 2.70. The molecule has 1 fully saturated rings. The number of nitrogens with one attached hydrogen (secondary N) is 1. The van der Waals surface area contributed by atoms with Gasteiger partial charge in [-0.15, -0.1) is 10.2 Å². The Morgan fingerprint density at radius 2 is 2.05 bits per heavy atom. The van der Waals surface area contributed by atoms with Crippen LogP contribution in [0.3, 0.4) is 0 Å². The van der Waals surface area contributed by atoms with E-state index in [2.05, 4.69) is 44.4 Å². The number of nitrogens with zero attached hydrogens (tertiary/aromatic N) is 6. The SMILES string of the molecule is CN1CCN(C)C(CNc2ccc(-c3nccn3C)nn2)C1. The highest BCUT2D eigenvalue weighted by atomic mass is 15.3. The van der Waals surface area contributed by atoms with Gasteiger partial charge in [-0.2, -0.15) is 0 Å². The highest BCUT2D eigenvalue weighted by molar-refractivity contribution is 5.51. The Hall–Kier alpha value is -1.99. The Morgan fingerprint density at radius 1 is 1.18 bits per heavy atom. The van der Waals surface area contributed by atoms with Gasteiger partial charge in [-0.3, -0.25) is 4.90 Å². The smallest absolute Gasteiger partial charge is 0.160 e. The minimum atomic E-state index is 0.495. The predicted molar refractivity (Wildman–Crippen MR) is 86.6 cm³/mol. The van der Waals surface area contributed by atoms with Crippen LogP contribution in [0.25, 0.3) is 11.5 Å². The summed E-state index contributed by atoms with van der Waals surface area (Å²) < 4.78 is 1.93. The van der Waals surface area contributed by atoms with Crippen molar-refractivity contribution in [1.82, 2.24) is 29.5 Å². The lowest BCUT2D eigenvalue weighted by atomic mass is 10.2. The van der Waals surface area contributed by atoms with E-state index in [-0.39, 0.29) is 0 Å². The third-order valence-electron chi connectivity index (χ3n) is 4.21. The summed E-state index contributed by atoms with van der Waals surface area (Å²) in [5.74, 6) is 1.63. The van der Waals surface area contributed by atoms with Gasteiger partial charge in [0.2, 0.25) is 0 Å². The molecule has 0 radical (unpaired) electrons. The summed E-state index contributed by atoms with van der Waals surface area (Å²) in [4.78, 5) is 9.04. The second kappa shape index (κ2) is 6.41. The minimum Gasteiger partial charge on any atom is -0.367 e. The Balaban J connectivity index is 1.61. The standard InChI is InChI=1S/C15H23N7/c1-20-8-9-21(2)12(11-20)10-17-14-5-4-13(18-19-14)15-16-6-7-22(15)3/h4-7,12H,8-11H2,1-3H3,(H,17,19). The number of aryl methyl sites for hydroxylation is 1. The molecule has 1 N–H and O–H groups in total. The molecule has 2 aromatic heterocycles. The maximum absolute atomic E-state index is 4.28. The van der Waals surface area contributed by atoms with Crippen LogP contribution < -0.4 is 5.32 Å². The van der Waals surface area contributed by atoms with Crippen molar-refractivity contribution in [3.8, 4) is 11.5 Å². The van der Waals surface area contributed by atoms with Crippen LogP contribution in [-0.4, -0.2) is 75.9 Å². The zero-order valence-corrected chi connectivity index (χ0v) is 13.4. The summed E-state index contributed by atoms with van der Waals surface area (Å²) in [7, 11) is 6.29. The lowest BCUT2D eigenvalue weighted by Gasteiger charge is -2.37. The molecule has 3 heterocycles. The maximum Gasteiger partial charge on any atom is 0.160 e. The zero-order valence-electron chi connectivity index (χ0n) is 13.4. The van der Waals surface area contributed by atoms with Crippen LogP contribution in [0.1, 0.15) is 0 Å². The number of hydrogen-bond acceptors (Lipinski definition) is 6. The topological polar surface area (TPSA) is 62.1 Å². The average molecular weight is 301 g/mol. The van der Waals surface area contributed by atoms with Crippen molar-refractivity contribution in [2.75, 3.05) is 45.6 Å². The van der Waals surface area contributed by atoms with Crippen LogP contribution in [0.2, 0.25) is 0 Å². The molecule has 1 atom stereocenters. The first kappa shape index (κ1) is 14.9. The van der Waals surface area contributed by atoms with Crippen molar-refractivity contribution in [3.63, 3.8) is 0 Å². The van der Waals surface area contributed by atoms with Crippen LogP contribution >= 0.6 is 0 Å². The normalized spacial score (nSPS) is 20.2. The molecule has 1 saturated heterocycles. The van der Waals surface area contributed by atoms with Crippen LogP contribution in [-0.2, 0) is 7.05 Å². The molecule has 3 rings (SSSR count). The van der Waals surface area contributed by atoms with Gasteiger partial charge >= 0.3 is 0 Å². The summed E-state index contributed by atoms with van der Waals surface area (Å²) in [5, 5.41) is 11.9. The predicted octanol–water partition coefficient (Wildman–Crippen LogP) is 0.535. The highest BCUT2D eigenvalue weighted by Gasteiger charge is 2.21. The first-order valence-corrected chi connectivity index (χ1v) is 7.57. The monoisotopic (exact) mass is 301 g/mol. The average Bonchev–Trinajstić information content (AvgIpc) is 2.95. The number of anilines is 1. The lowest BCUT2D eigenvalue weighted by molar-refractivity contribution is 0.122. The van der Waals surface area contributed by atoms with E-state index in [4.69, 9.17) is 0 Å². The van der Waals surface area contributed by atoms with Gasteiger partial charge in [0, 0.05) is 51.7 Å². The second-order valence-electron chi connectivity index (χ2n) is 5.94. The third kappa shape index (κ3) is 3.26.